The molecule has 1 aliphatic carbocycles. The van der Waals surface area contributed by atoms with E-state index in [-0.39, 0.29) is 10.9 Å². The third-order valence-electron chi connectivity index (χ3n) is 6.44. The van der Waals surface area contributed by atoms with Crippen molar-refractivity contribution in [1.29, 1.82) is 0 Å². The maximum Gasteiger partial charge on any atom is 0.417 e. The summed E-state index contributed by atoms with van der Waals surface area (Å²) in [5.74, 6) is 0.897. The van der Waals surface area contributed by atoms with E-state index in [1.165, 1.54) is 10.9 Å². The number of aromatic nitrogens is 5. The van der Waals surface area contributed by atoms with Gasteiger partial charge in [-0.15, -0.1) is 4.80 Å². The first kappa shape index (κ1) is 24.9. The Kier molecular flexibility index (Phi) is 6.67. The molecule has 3 aromatic heterocycles. The molecule has 4 aromatic rings. The average Bonchev–Trinajstić information content (AvgIpc) is 3.44. The molecule has 1 saturated carbocycles. The van der Waals surface area contributed by atoms with Crippen molar-refractivity contribution in [1.82, 2.24) is 25.0 Å². The lowest BCUT2D eigenvalue weighted by Gasteiger charge is -2.29. The van der Waals surface area contributed by atoms with Crippen LogP contribution in [0.5, 0.6) is 0 Å². The van der Waals surface area contributed by atoms with Crippen LogP contribution in [-0.4, -0.2) is 44.7 Å². The van der Waals surface area contributed by atoms with Crippen LogP contribution >= 0.6 is 0 Å². The molecule has 0 atom stereocenters. The molecule has 12 heteroatoms. The minimum atomic E-state index is -4.44. The van der Waals surface area contributed by atoms with Crippen molar-refractivity contribution < 1.29 is 21.6 Å². The summed E-state index contributed by atoms with van der Waals surface area (Å²) < 4.78 is 64.7. The van der Waals surface area contributed by atoms with Crippen LogP contribution < -0.4 is 5.32 Å². The van der Waals surface area contributed by atoms with Crippen LogP contribution in [-0.2, 0) is 16.0 Å². The number of nitrogens with zero attached hydrogens (tertiary/aromatic N) is 5. The van der Waals surface area contributed by atoms with Crippen molar-refractivity contribution in [2.45, 2.75) is 48.0 Å². The van der Waals surface area contributed by atoms with E-state index in [1.54, 1.807) is 42.9 Å². The number of rotatable bonds is 6. The molecule has 1 aliphatic rings. The summed E-state index contributed by atoms with van der Waals surface area (Å²) in [6.45, 7) is 0. The van der Waals surface area contributed by atoms with Gasteiger partial charge in [0.05, 0.1) is 28.1 Å². The molecule has 0 saturated heterocycles. The zero-order valence-electron chi connectivity index (χ0n) is 19.5. The normalized spacial score (nSPS) is 18.5. The number of nitrogens with one attached hydrogen (secondary N) is 1. The van der Waals surface area contributed by atoms with Crippen LogP contribution in [0.2, 0.25) is 0 Å². The fourth-order valence-electron chi connectivity index (χ4n) is 4.44. The Morgan fingerprint density at radius 2 is 1.54 bits per heavy atom. The highest BCUT2D eigenvalue weighted by Crippen LogP contribution is 2.32. The van der Waals surface area contributed by atoms with E-state index in [0.717, 1.165) is 23.4 Å². The number of hydrogen-bond donors (Lipinski definition) is 1. The number of pyridine rings is 2. The van der Waals surface area contributed by atoms with Gasteiger partial charge in [-0.3, -0.25) is 0 Å². The molecule has 1 aromatic carbocycles. The van der Waals surface area contributed by atoms with Crippen molar-refractivity contribution >= 4 is 15.7 Å². The summed E-state index contributed by atoms with van der Waals surface area (Å²) in [5, 5.41) is 10.8. The molecule has 0 aliphatic heterocycles. The summed E-state index contributed by atoms with van der Waals surface area (Å²) in [6, 6.07) is 12.7. The fraction of sp³-hybridized carbons (Fsp3) is 0.280. The Morgan fingerprint density at radius 3 is 2.16 bits per heavy atom. The number of alkyl halides is 3. The van der Waals surface area contributed by atoms with Crippen molar-refractivity contribution in [2.24, 2.45) is 0 Å². The molecule has 0 radical (unpaired) electrons. The predicted octanol–water partition coefficient (Wildman–Crippen LogP) is 4.94. The molecule has 5 rings (SSSR count). The van der Waals surface area contributed by atoms with Gasteiger partial charge in [0.1, 0.15) is 5.82 Å². The first-order valence-electron chi connectivity index (χ1n) is 11.7. The van der Waals surface area contributed by atoms with Gasteiger partial charge in [-0.2, -0.15) is 23.4 Å². The van der Waals surface area contributed by atoms with Crippen molar-refractivity contribution in [3.05, 3.63) is 78.9 Å². The minimum Gasteiger partial charge on any atom is -0.367 e. The van der Waals surface area contributed by atoms with E-state index >= 15 is 0 Å². The van der Waals surface area contributed by atoms with Gasteiger partial charge < -0.3 is 5.32 Å². The monoisotopic (exact) mass is 528 g/mol. The molecule has 0 unspecified atom stereocenters. The van der Waals surface area contributed by atoms with Gasteiger partial charge >= 0.3 is 6.18 Å². The van der Waals surface area contributed by atoms with Gasteiger partial charge in [0.25, 0.3) is 0 Å². The highest BCUT2D eigenvalue weighted by Gasteiger charge is 2.33. The Morgan fingerprint density at radius 1 is 0.838 bits per heavy atom. The second-order valence-electron chi connectivity index (χ2n) is 8.84. The standard InChI is InChI=1S/C25H23F3N6O2S/c26-25(27,28)19-3-10-23(30-16-19)33-20-4-8-22(9-5-20)37(35,36)21-6-1-17(2-7-21)18-11-12-29-24(15-18)34-31-13-14-32-34/h1-3,6-7,10-16,20,22H,4-5,8-9H2,(H,30,33)/t20-,22-. The molecule has 0 bridgehead atoms. The molecule has 0 spiro atoms. The van der Waals surface area contributed by atoms with E-state index < -0.39 is 26.8 Å². The highest BCUT2D eigenvalue weighted by molar-refractivity contribution is 7.92. The van der Waals surface area contributed by atoms with Crippen LogP contribution in [0.15, 0.2) is 78.2 Å². The summed E-state index contributed by atoms with van der Waals surface area (Å²) in [4.78, 5) is 9.77. The van der Waals surface area contributed by atoms with Crippen LogP contribution in [0.25, 0.3) is 16.9 Å². The minimum absolute atomic E-state index is 0.0526. The smallest absolute Gasteiger partial charge is 0.367 e. The molecule has 8 nitrogen and oxygen atoms in total. The quantitative estimate of drug-likeness (QED) is 0.378. The van der Waals surface area contributed by atoms with Crippen molar-refractivity contribution in [3.8, 4) is 16.9 Å². The molecule has 3 heterocycles. The molecule has 37 heavy (non-hydrogen) atoms. The van der Waals surface area contributed by atoms with Gasteiger partial charge in [-0.1, -0.05) is 12.1 Å². The number of hydrogen-bond acceptors (Lipinski definition) is 7. The predicted molar refractivity (Wildman–Crippen MR) is 131 cm³/mol. The Hall–Kier alpha value is -3.80. The van der Waals surface area contributed by atoms with E-state index in [4.69, 9.17) is 0 Å². The zero-order chi connectivity index (χ0) is 26.0. The SMILES string of the molecule is O=S(=O)(c1ccc(-c2ccnc(-n3nccn3)c2)cc1)[C@H]1CC[C@H](Nc2ccc(C(F)(F)F)cn2)CC1. The van der Waals surface area contributed by atoms with Crippen molar-refractivity contribution in [2.75, 3.05) is 5.32 Å². The Labute approximate surface area is 211 Å². The van der Waals surface area contributed by atoms with Crippen LogP contribution in [0.3, 0.4) is 0 Å². The van der Waals surface area contributed by atoms with Gasteiger partial charge in [0.2, 0.25) is 0 Å². The second-order valence-corrected chi connectivity index (χ2v) is 11.1. The molecule has 0 amide bonds. The lowest BCUT2D eigenvalue weighted by atomic mass is 9.95. The topological polar surface area (TPSA) is 103 Å². The molecule has 192 valence electrons. The Bertz CT molecular complexity index is 1450. The summed E-state index contributed by atoms with van der Waals surface area (Å²) >= 11 is 0. The lowest BCUT2D eigenvalue weighted by Crippen LogP contribution is -2.33. The van der Waals surface area contributed by atoms with Crippen LogP contribution in [0.4, 0.5) is 19.0 Å². The molecular weight excluding hydrogens is 505 g/mol. The molecule has 1 fully saturated rings. The number of benzene rings is 1. The maximum atomic E-state index is 13.3. The van der Waals surface area contributed by atoms with Gasteiger partial charge in [0.15, 0.2) is 15.7 Å². The number of sulfone groups is 1. The van der Waals surface area contributed by atoms with Crippen LogP contribution in [0, 0.1) is 0 Å². The summed E-state index contributed by atoms with van der Waals surface area (Å²) in [5.41, 5.74) is 0.888. The van der Waals surface area contributed by atoms with E-state index in [1.807, 2.05) is 12.1 Å². The largest absolute Gasteiger partial charge is 0.417 e. The number of halogens is 3. The van der Waals surface area contributed by atoms with Gasteiger partial charge in [-0.25, -0.2) is 18.4 Å². The summed E-state index contributed by atoms with van der Waals surface area (Å²) in [6.07, 6.45) is 3.17. The van der Waals surface area contributed by atoms with Crippen molar-refractivity contribution in [3.63, 3.8) is 0 Å². The van der Waals surface area contributed by atoms with E-state index in [9.17, 15) is 21.6 Å². The third kappa shape index (κ3) is 5.48. The summed E-state index contributed by atoms with van der Waals surface area (Å²) in [7, 11) is -3.53. The van der Waals surface area contributed by atoms with E-state index in [2.05, 4.69) is 25.5 Å². The third-order valence-corrected chi connectivity index (χ3v) is 8.72. The maximum absolute atomic E-state index is 13.3. The van der Waals surface area contributed by atoms with Gasteiger partial charge in [-0.05, 0) is 73.2 Å². The van der Waals surface area contributed by atoms with E-state index in [0.29, 0.717) is 37.3 Å². The fourth-order valence-corrected chi connectivity index (χ4v) is 6.24. The second kappa shape index (κ2) is 9.92. The first-order chi connectivity index (χ1) is 17.7. The van der Waals surface area contributed by atoms with Gasteiger partial charge in [0, 0.05) is 18.4 Å². The van der Waals surface area contributed by atoms with Crippen LogP contribution in [0.1, 0.15) is 31.2 Å². The highest BCUT2D eigenvalue weighted by atomic mass is 32.2. The molecular formula is C25H23F3N6O2S. The number of anilines is 1. The average molecular weight is 529 g/mol. The molecule has 1 N–H and O–H groups in total. The lowest BCUT2D eigenvalue weighted by molar-refractivity contribution is -0.137. The Balaban J connectivity index is 1.22. The zero-order valence-corrected chi connectivity index (χ0v) is 20.3. The first-order valence-corrected chi connectivity index (χ1v) is 13.2.